The van der Waals surface area contributed by atoms with Crippen LogP contribution in [-0.4, -0.2) is 64.3 Å². The van der Waals surface area contributed by atoms with E-state index in [9.17, 15) is 10.1 Å². The zero-order chi connectivity index (χ0) is 40.1. The van der Waals surface area contributed by atoms with E-state index >= 15 is 0 Å². The molecular formula is C42H54N8O3Si2. The molecule has 0 atom stereocenters. The van der Waals surface area contributed by atoms with Crippen molar-refractivity contribution >= 4 is 44.1 Å². The van der Waals surface area contributed by atoms with Gasteiger partial charge in [0.2, 0.25) is 0 Å². The maximum Gasteiger partial charge on any atom is 0.251 e. The Morgan fingerprint density at radius 2 is 1.16 bits per heavy atom. The summed E-state index contributed by atoms with van der Waals surface area (Å²) >= 11 is 0. The van der Waals surface area contributed by atoms with E-state index < -0.39 is 22.1 Å². The fourth-order valence-electron chi connectivity index (χ4n) is 6.37. The Balaban J connectivity index is 0.000000211. The third-order valence-electron chi connectivity index (χ3n) is 9.42. The van der Waals surface area contributed by atoms with Crippen molar-refractivity contribution in [3.05, 3.63) is 94.8 Å². The van der Waals surface area contributed by atoms with Crippen molar-refractivity contribution in [1.82, 2.24) is 29.1 Å². The smallest absolute Gasteiger partial charge is 0.251 e. The lowest BCUT2D eigenvalue weighted by molar-refractivity contribution is 0.0894. The van der Waals surface area contributed by atoms with Crippen LogP contribution in [0.4, 0.5) is 0 Å². The van der Waals surface area contributed by atoms with Gasteiger partial charge in [0.1, 0.15) is 43.5 Å². The molecule has 11 nitrogen and oxygen atoms in total. The molecule has 4 aromatic heterocycles. The van der Waals surface area contributed by atoms with E-state index in [1.807, 2.05) is 34.4 Å². The molecule has 0 saturated heterocycles. The second-order valence-corrected chi connectivity index (χ2v) is 27.9. The number of hydrogen-bond donors (Lipinski definition) is 1. The summed E-state index contributed by atoms with van der Waals surface area (Å²) in [4.78, 5) is 30.0. The summed E-state index contributed by atoms with van der Waals surface area (Å²) in [5.41, 5.74) is 16.2. The number of amides is 1. The van der Waals surface area contributed by atoms with Gasteiger partial charge in [-0.2, -0.15) is 5.26 Å². The largest absolute Gasteiger partial charge is 0.366 e. The minimum absolute atomic E-state index is 0.331. The highest BCUT2D eigenvalue weighted by atomic mass is 28.3. The first-order chi connectivity index (χ1) is 26.0. The number of rotatable bonds is 13. The predicted molar refractivity (Wildman–Crippen MR) is 226 cm³/mol. The van der Waals surface area contributed by atoms with Gasteiger partial charge in [-0.05, 0) is 50.9 Å². The molecule has 4 heterocycles. The molecule has 0 unspecified atom stereocenters. The number of benzene rings is 2. The normalized spacial score (nSPS) is 11.8. The zero-order valence-electron chi connectivity index (χ0n) is 33.9. The molecule has 0 spiro atoms. The number of fused-ring (bicyclic) bond motifs is 2. The zero-order valence-corrected chi connectivity index (χ0v) is 35.9. The van der Waals surface area contributed by atoms with Crippen LogP contribution >= 0.6 is 0 Å². The van der Waals surface area contributed by atoms with Crippen LogP contribution in [0.1, 0.15) is 38.2 Å². The maximum atomic E-state index is 12.1. The molecule has 0 saturated carbocycles. The van der Waals surface area contributed by atoms with Crippen LogP contribution in [0.5, 0.6) is 0 Å². The molecule has 6 rings (SSSR count). The number of ether oxygens (including phenoxy) is 2. The second kappa shape index (κ2) is 17.2. The highest BCUT2D eigenvalue weighted by Crippen LogP contribution is 2.33. The molecule has 2 aromatic carbocycles. The van der Waals surface area contributed by atoms with Gasteiger partial charge in [0, 0.05) is 52.9 Å². The summed E-state index contributed by atoms with van der Waals surface area (Å²) in [5.74, 6) is -0.494. The van der Waals surface area contributed by atoms with Crippen molar-refractivity contribution in [2.24, 2.45) is 5.73 Å². The van der Waals surface area contributed by atoms with Gasteiger partial charge in [0.25, 0.3) is 5.91 Å². The quantitative estimate of drug-likeness (QED) is 0.0904. The van der Waals surface area contributed by atoms with Crippen LogP contribution in [-0.2, 0) is 22.9 Å². The van der Waals surface area contributed by atoms with Crippen molar-refractivity contribution in [3.63, 3.8) is 0 Å². The van der Waals surface area contributed by atoms with Crippen LogP contribution in [0, 0.1) is 39.0 Å². The van der Waals surface area contributed by atoms with Crippen molar-refractivity contribution in [3.8, 4) is 28.6 Å². The van der Waals surface area contributed by atoms with Gasteiger partial charge in [-0.1, -0.05) is 86.8 Å². The summed E-state index contributed by atoms with van der Waals surface area (Å²) in [6.07, 6.45) is 6.64. The lowest BCUT2D eigenvalue weighted by Crippen LogP contribution is -2.22. The molecule has 0 aliphatic rings. The first-order valence-corrected chi connectivity index (χ1v) is 26.1. The Morgan fingerprint density at radius 1 is 0.709 bits per heavy atom. The molecular weight excluding hydrogens is 721 g/mol. The standard InChI is InChI=1S/C21H28N4O2Si.C21H26N4OSi/c1-14-6-7-16(15(2)10-14)19-18-17(20(22)26)11-25(21(18)24-12-23-19)13-27-8-9-28(3,4)5;1-15-6-7-18(16(2)10-15)20-19-17(11-22)12-25(21(19)24-13-23-20)14-26-8-9-27(3,4)5/h6-7,10-12H,8-9,13H2,1-5H3,(H2,22,26);6-7,10,12-13H,8-9,14H2,1-5H3. The molecule has 0 aliphatic carbocycles. The highest BCUT2D eigenvalue weighted by molar-refractivity contribution is 6.76. The monoisotopic (exact) mass is 774 g/mol. The first-order valence-electron chi connectivity index (χ1n) is 18.7. The number of aromatic nitrogens is 6. The van der Waals surface area contributed by atoms with E-state index in [2.05, 4.69) is 110 Å². The van der Waals surface area contributed by atoms with E-state index in [0.29, 0.717) is 42.2 Å². The van der Waals surface area contributed by atoms with Crippen LogP contribution in [0.3, 0.4) is 0 Å². The lowest BCUT2D eigenvalue weighted by atomic mass is 10.00. The van der Waals surface area contributed by atoms with Crippen molar-refractivity contribution in [2.45, 2.75) is 92.5 Å². The van der Waals surface area contributed by atoms with Crippen molar-refractivity contribution < 1.29 is 14.3 Å². The summed E-state index contributed by atoms with van der Waals surface area (Å²) in [6, 6.07) is 16.9. The third-order valence-corrected chi connectivity index (χ3v) is 12.8. The van der Waals surface area contributed by atoms with Gasteiger partial charge in [-0.3, -0.25) is 4.79 Å². The van der Waals surface area contributed by atoms with Gasteiger partial charge in [-0.25, -0.2) is 19.9 Å². The summed E-state index contributed by atoms with van der Waals surface area (Å²) in [7, 11) is -2.29. The minimum Gasteiger partial charge on any atom is -0.366 e. The van der Waals surface area contributed by atoms with Crippen molar-refractivity contribution in [1.29, 1.82) is 5.26 Å². The molecule has 55 heavy (non-hydrogen) atoms. The Hall–Kier alpha value is -5.01. The number of nitrogens with two attached hydrogens (primary N) is 1. The Kier molecular flexibility index (Phi) is 12.9. The highest BCUT2D eigenvalue weighted by Gasteiger charge is 2.21. The van der Waals surface area contributed by atoms with Gasteiger partial charge >= 0.3 is 0 Å². The molecule has 13 heteroatoms. The van der Waals surface area contributed by atoms with E-state index in [4.69, 9.17) is 15.2 Å². The van der Waals surface area contributed by atoms with Crippen LogP contribution in [0.25, 0.3) is 44.6 Å². The number of carbonyl (C=O) groups excluding carboxylic acids is 1. The van der Waals surface area contributed by atoms with Gasteiger partial charge < -0.3 is 24.3 Å². The van der Waals surface area contributed by atoms with E-state index in [0.717, 1.165) is 63.4 Å². The van der Waals surface area contributed by atoms with Gasteiger partial charge in [-0.15, -0.1) is 0 Å². The molecule has 0 radical (unpaired) electrons. The van der Waals surface area contributed by atoms with Gasteiger partial charge in [0.15, 0.2) is 0 Å². The van der Waals surface area contributed by atoms with E-state index in [1.54, 1.807) is 12.5 Å². The molecule has 288 valence electrons. The Morgan fingerprint density at radius 3 is 1.60 bits per heavy atom. The third kappa shape index (κ3) is 10.2. The molecule has 0 bridgehead atoms. The summed E-state index contributed by atoms with van der Waals surface area (Å²) in [6.45, 7) is 24.3. The van der Waals surface area contributed by atoms with Crippen LogP contribution in [0.15, 0.2) is 61.4 Å². The minimum atomic E-state index is -1.16. The fraction of sp³-hybridized carbons (Fsp3) is 0.381. The van der Waals surface area contributed by atoms with Crippen LogP contribution < -0.4 is 5.73 Å². The number of carbonyl (C=O) groups is 1. The topological polar surface area (TPSA) is 147 Å². The maximum absolute atomic E-state index is 12.1. The molecule has 0 fully saturated rings. The Bertz CT molecular complexity index is 2360. The molecule has 2 N–H and O–H groups in total. The number of aryl methyl sites for hydroxylation is 4. The molecule has 0 aliphatic heterocycles. The van der Waals surface area contributed by atoms with E-state index in [-0.39, 0.29) is 0 Å². The summed E-state index contributed by atoms with van der Waals surface area (Å²) < 4.78 is 15.5. The molecule has 1 amide bonds. The van der Waals surface area contributed by atoms with Crippen LogP contribution in [0.2, 0.25) is 51.4 Å². The fourth-order valence-corrected chi connectivity index (χ4v) is 7.88. The van der Waals surface area contributed by atoms with Gasteiger partial charge in [0.05, 0.1) is 33.3 Å². The first kappa shape index (κ1) is 41.2. The predicted octanol–water partition coefficient (Wildman–Crippen LogP) is 9.03. The molecule has 6 aromatic rings. The average Bonchev–Trinajstić information content (AvgIpc) is 3.67. The van der Waals surface area contributed by atoms with E-state index in [1.165, 1.54) is 17.5 Å². The SMILES string of the molecule is Cc1ccc(-c2ncnc3c2c(C#N)cn3COCC[Si](C)(C)C)c(C)c1.Cc1ccc(-c2ncnc3c2c(C(N)=O)cn3COCC[Si](C)(C)C)c(C)c1. The average molecular weight is 775 g/mol. The number of hydrogen-bond acceptors (Lipinski definition) is 8. The Labute approximate surface area is 326 Å². The number of nitrogens with zero attached hydrogens (tertiary/aromatic N) is 7. The number of primary amides is 1. The second-order valence-electron chi connectivity index (χ2n) is 16.7. The number of nitriles is 1. The summed E-state index contributed by atoms with van der Waals surface area (Å²) in [5, 5.41) is 11.1. The lowest BCUT2D eigenvalue weighted by Gasteiger charge is -2.15. The van der Waals surface area contributed by atoms with Crippen molar-refractivity contribution in [2.75, 3.05) is 13.2 Å².